The summed E-state index contributed by atoms with van der Waals surface area (Å²) in [4.78, 5) is 3.20. The molecule has 6 aliphatic rings. The molecule has 0 saturated heterocycles. The van der Waals surface area contributed by atoms with E-state index in [9.17, 15) is 0 Å². The van der Waals surface area contributed by atoms with Crippen molar-refractivity contribution in [1.29, 1.82) is 0 Å². The molecule has 0 radical (unpaired) electrons. The van der Waals surface area contributed by atoms with Crippen molar-refractivity contribution in [2.45, 2.75) is 25.2 Å². The van der Waals surface area contributed by atoms with Crippen molar-refractivity contribution in [3.63, 3.8) is 0 Å². The summed E-state index contributed by atoms with van der Waals surface area (Å²) < 4.78 is 3.23. The lowest BCUT2D eigenvalue weighted by Crippen LogP contribution is -2.21. The van der Waals surface area contributed by atoms with Gasteiger partial charge in [-0.25, -0.2) is 0 Å². The predicted molar refractivity (Wildman–Crippen MR) is 122 cm³/mol. The van der Waals surface area contributed by atoms with E-state index in [0.717, 1.165) is 11.8 Å². The van der Waals surface area contributed by atoms with Crippen LogP contribution in [0.2, 0.25) is 0 Å². The Morgan fingerprint density at radius 3 is 2.21 bits per heavy atom. The highest BCUT2D eigenvalue weighted by molar-refractivity contribution is 7.29. The molecular formula is C26H20S2. The maximum Gasteiger partial charge on any atom is 0.0542 e. The van der Waals surface area contributed by atoms with E-state index >= 15 is 0 Å². The number of hydrogen-bond acceptors (Lipinski definition) is 2. The van der Waals surface area contributed by atoms with Crippen LogP contribution in [0, 0.1) is 23.7 Å². The van der Waals surface area contributed by atoms with E-state index in [1.54, 1.807) is 47.0 Å². The zero-order valence-corrected chi connectivity index (χ0v) is 17.2. The van der Waals surface area contributed by atoms with Gasteiger partial charge in [-0.2, -0.15) is 0 Å². The minimum Gasteiger partial charge on any atom is -0.134 e. The minimum absolute atomic E-state index is 0.550. The third-order valence-corrected chi connectivity index (χ3v) is 10.7. The van der Waals surface area contributed by atoms with E-state index in [1.165, 1.54) is 19.3 Å². The first kappa shape index (κ1) is 15.0. The Hall–Kier alpha value is -1.90. The molecule has 2 heteroatoms. The fourth-order valence-corrected chi connectivity index (χ4v) is 10.1. The molecule has 0 aliphatic heterocycles. The fourth-order valence-electron chi connectivity index (χ4n) is 6.93. The second kappa shape index (κ2) is 4.98. The first-order valence-electron chi connectivity index (χ1n) is 10.7. The van der Waals surface area contributed by atoms with Gasteiger partial charge in [0, 0.05) is 33.1 Å². The van der Waals surface area contributed by atoms with Gasteiger partial charge in [0.25, 0.3) is 0 Å². The lowest BCUT2D eigenvalue weighted by Gasteiger charge is -2.33. The SMILES string of the molecule is C1=CC2C(=C1)c1sc3c4c(sc3c1C1=CC=CC12)C1=CC=CC1C1CCCC41. The van der Waals surface area contributed by atoms with Crippen molar-refractivity contribution >= 4 is 48.8 Å². The van der Waals surface area contributed by atoms with Crippen molar-refractivity contribution in [3.8, 4) is 0 Å². The Morgan fingerprint density at radius 2 is 1.36 bits per heavy atom. The molecule has 0 spiro atoms. The van der Waals surface area contributed by atoms with Crippen LogP contribution in [0.3, 0.4) is 0 Å². The fraction of sp³-hybridized carbons (Fsp3) is 0.308. The zero-order valence-electron chi connectivity index (χ0n) is 15.5. The van der Waals surface area contributed by atoms with E-state index in [-0.39, 0.29) is 0 Å². The van der Waals surface area contributed by atoms with Crippen LogP contribution in [0.4, 0.5) is 0 Å². The largest absolute Gasteiger partial charge is 0.134 e. The summed E-state index contributed by atoms with van der Waals surface area (Å²) in [6, 6.07) is 0. The normalized spacial score (nSPS) is 35.3. The summed E-state index contributed by atoms with van der Waals surface area (Å²) in [6.45, 7) is 0. The first-order valence-corrected chi connectivity index (χ1v) is 12.3. The summed E-state index contributed by atoms with van der Waals surface area (Å²) in [6.07, 6.45) is 25.7. The molecule has 28 heavy (non-hydrogen) atoms. The van der Waals surface area contributed by atoms with E-state index in [0.29, 0.717) is 17.8 Å². The maximum absolute atomic E-state index is 2.49. The summed E-state index contributed by atoms with van der Waals surface area (Å²) in [5, 5.41) is 0. The second-order valence-corrected chi connectivity index (χ2v) is 11.1. The van der Waals surface area contributed by atoms with Gasteiger partial charge in [-0.05, 0) is 47.0 Å². The third-order valence-electron chi connectivity index (χ3n) is 8.02. The highest BCUT2D eigenvalue weighted by atomic mass is 32.1. The Bertz CT molecular complexity index is 1270. The van der Waals surface area contributed by atoms with Gasteiger partial charge in [-0.15, -0.1) is 22.7 Å². The van der Waals surface area contributed by atoms with Gasteiger partial charge in [0.1, 0.15) is 0 Å². The molecule has 136 valence electrons. The first-order chi connectivity index (χ1) is 13.9. The van der Waals surface area contributed by atoms with Crippen molar-refractivity contribution in [2.75, 3.05) is 0 Å². The van der Waals surface area contributed by atoms with E-state index in [2.05, 4.69) is 77.4 Å². The Balaban J connectivity index is 1.45. The molecule has 1 saturated carbocycles. The summed E-state index contributed by atoms with van der Waals surface area (Å²) in [7, 11) is 0. The average molecular weight is 397 g/mol. The van der Waals surface area contributed by atoms with Gasteiger partial charge >= 0.3 is 0 Å². The van der Waals surface area contributed by atoms with Gasteiger partial charge in [-0.1, -0.05) is 61.1 Å². The summed E-state index contributed by atoms with van der Waals surface area (Å²) >= 11 is 4.23. The molecule has 2 aromatic rings. The standard InChI is InChI=1S/C26H20S2/c1-5-13-15-7-3-11-19(15)23-21(17(13)9-1)25-26(27-23)22-18-10-2-6-14(18)16-8-4-12-20(16)24(22)28-25/h1,3-5,7-9,11-16,18H,2,6,10H2. The van der Waals surface area contributed by atoms with Gasteiger partial charge in [-0.3, -0.25) is 0 Å². The van der Waals surface area contributed by atoms with Crippen LogP contribution in [0.5, 0.6) is 0 Å². The summed E-state index contributed by atoms with van der Waals surface area (Å²) in [5.74, 6) is 3.43. The number of rotatable bonds is 0. The molecule has 6 aliphatic carbocycles. The average Bonchev–Trinajstić information content (AvgIpc) is 3.51. The molecule has 0 bridgehead atoms. The number of fused-ring (bicyclic) bond motifs is 15. The van der Waals surface area contributed by atoms with Crippen molar-refractivity contribution in [3.05, 3.63) is 75.6 Å². The topological polar surface area (TPSA) is 0 Å². The second-order valence-electron chi connectivity index (χ2n) is 9.11. The molecule has 2 heterocycles. The van der Waals surface area contributed by atoms with Crippen LogP contribution in [0.1, 0.15) is 46.1 Å². The molecule has 1 fully saturated rings. The van der Waals surface area contributed by atoms with Crippen molar-refractivity contribution < 1.29 is 0 Å². The highest BCUT2D eigenvalue weighted by Gasteiger charge is 2.46. The van der Waals surface area contributed by atoms with Crippen LogP contribution < -0.4 is 0 Å². The number of allylic oxidation sites excluding steroid dienone is 12. The van der Waals surface area contributed by atoms with Crippen molar-refractivity contribution in [2.24, 2.45) is 23.7 Å². The molecule has 5 unspecified atom stereocenters. The van der Waals surface area contributed by atoms with Gasteiger partial charge in [0.15, 0.2) is 0 Å². The lowest BCUT2D eigenvalue weighted by atomic mass is 9.72. The van der Waals surface area contributed by atoms with Gasteiger partial charge < -0.3 is 0 Å². The van der Waals surface area contributed by atoms with E-state index in [1.807, 2.05) is 0 Å². The molecule has 2 aromatic heterocycles. The molecule has 0 N–H and O–H groups in total. The smallest absolute Gasteiger partial charge is 0.0542 e. The quantitative estimate of drug-likeness (QED) is 0.430. The minimum atomic E-state index is 0.550. The Kier molecular flexibility index (Phi) is 2.67. The monoisotopic (exact) mass is 396 g/mol. The van der Waals surface area contributed by atoms with Crippen molar-refractivity contribution in [1.82, 2.24) is 0 Å². The maximum atomic E-state index is 2.49. The van der Waals surface area contributed by atoms with Crippen LogP contribution in [-0.2, 0) is 0 Å². The van der Waals surface area contributed by atoms with Gasteiger partial charge in [0.2, 0.25) is 0 Å². The Morgan fingerprint density at radius 1 is 0.679 bits per heavy atom. The van der Waals surface area contributed by atoms with Crippen LogP contribution in [-0.4, -0.2) is 0 Å². The molecule has 0 nitrogen and oxygen atoms in total. The molecule has 0 amide bonds. The van der Waals surface area contributed by atoms with Crippen LogP contribution in [0.25, 0.3) is 26.1 Å². The number of hydrogen-bond donors (Lipinski definition) is 0. The summed E-state index contributed by atoms with van der Waals surface area (Å²) in [5.41, 5.74) is 8.10. The number of thiophene rings is 2. The van der Waals surface area contributed by atoms with E-state index in [4.69, 9.17) is 0 Å². The van der Waals surface area contributed by atoms with Gasteiger partial charge in [0.05, 0.1) is 9.40 Å². The molecular weight excluding hydrogens is 376 g/mol. The van der Waals surface area contributed by atoms with E-state index < -0.39 is 0 Å². The molecule has 0 aromatic carbocycles. The third kappa shape index (κ3) is 1.58. The molecule has 5 atom stereocenters. The lowest BCUT2D eigenvalue weighted by molar-refractivity contribution is 0.421. The molecule has 8 rings (SSSR count). The van der Waals surface area contributed by atoms with Crippen LogP contribution >= 0.6 is 22.7 Å². The Labute approximate surface area is 173 Å². The highest BCUT2D eigenvalue weighted by Crippen LogP contribution is 2.63. The zero-order chi connectivity index (χ0) is 18.0. The van der Waals surface area contributed by atoms with Crippen LogP contribution in [0.15, 0.2) is 54.7 Å². The predicted octanol–water partition coefficient (Wildman–Crippen LogP) is 7.58.